The maximum atomic E-state index is 12.9. The summed E-state index contributed by atoms with van der Waals surface area (Å²) < 4.78 is 12.9. The molecule has 2 aromatic rings. The lowest BCUT2D eigenvalue weighted by atomic mass is 10.1. The largest absolute Gasteiger partial charge is 0.363 e. The van der Waals surface area contributed by atoms with Gasteiger partial charge in [0.05, 0.1) is 6.04 Å². The van der Waals surface area contributed by atoms with E-state index in [2.05, 4.69) is 4.98 Å². The van der Waals surface area contributed by atoms with Gasteiger partial charge < -0.3 is 9.88 Å². The van der Waals surface area contributed by atoms with Gasteiger partial charge in [-0.25, -0.2) is 4.39 Å². The first-order valence-electron chi connectivity index (χ1n) is 6.45. The lowest BCUT2D eigenvalue weighted by Crippen LogP contribution is -2.30. The number of carbonyl (C=O) groups is 1. The van der Waals surface area contributed by atoms with Crippen molar-refractivity contribution in [2.75, 3.05) is 6.54 Å². The first-order chi connectivity index (χ1) is 9.25. The van der Waals surface area contributed by atoms with Crippen LogP contribution in [0.1, 0.15) is 34.9 Å². The summed E-state index contributed by atoms with van der Waals surface area (Å²) in [5.74, 6) is -0.351. The van der Waals surface area contributed by atoms with E-state index in [1.54, 1.807) is 12.1 Å². The molecule has 98 valence electrons. The normalized spacial score (nSPS) is 18.8. The van der Waals surface area contributed by atoms with Gasteiger partial charge in [0.15, 0.2) is 0 Å². The Morgan fingerprint density at radius 2 is 2.05 bits per heavy atom. The van der Waals surface area contributed by atoms with Crippen LogP contribution in [-0.4, -0.2) is 22.3 Å². The summed E-state index contributed by atoms with van der Waals surface area (Å²) in [6, 6.07) is 9.78. The van der Waals surface area contributed by atoms with Gasteiger partial charge in [0, 0.05) is 24.0 Å². The molecule has 1 aliphatic heterocycles. The quantitative estimate of drug-likeness (QED) is 0.882. The molecular weight excluding hydrogens is 243 g/mol. The minimum absolute atomic E-state index is 0.0305. The number of hydrogen-bond donors (Lipinski definition) is 1. The number of hydrogen-bond acceptors (Lipinski definition) is 1. The molecule has 1 saturated heterocycles. The van der Waals surface area contributed by atoms with E-state index in [9.17, 15) is 9.18 Å². The molecule has 1 aromatic carbocycles. The Balaban J connectivity index is 1.84. The SMILES string of the molecule is O=C(c1ccc(F)cc1)N1CCCC1c1ccc[nH]1. The van der Waals surface area contributed by atoms with Crippen LogP contribution in [0.15, 0.2) is 42.6 Å². The van der Waals surface area contributed by atoms with Gasteiger partial charge in [-0.3, -0.25) is 4.79 Å². The van der Waals surface area contributed by atoms with Gasteiger partial charge in [-0.1, -0.05) is 0 Å². The molecule has 1 N–H and O–H groups in total. The maximum absolute atomic E-state index is 12.9. The van der Waals surface area contributed by atoms with E-state index in [0.29, 0.717) is 5.56 Å². The van der Waals surface area contributed by atoms with Crippen LogP contribution in [0, 0.1) is 5.82 Å². The Kier molecular flexibility index (Phi) is 3.07. The van der Waals surface area contributed by atoms with Gasteiger partial charge in [-0.05, 0) is 49.2 Å². The van der Waals surface area contributed by atoms with Gasteiger partial charge in [0.1, 0.15) is 5.82 Å². The van der Waals surface area contributed by atoms with Crippen molar-refractivity contribution < 1.29 is 9.18 Å². The number of likely N-dealkylation sites (tertiary alicyclic amines) is 1. The molecule has 1 aromatic heterocycles. The molecule has 1 unspecified atom stereocenters. The molecule has 1 atom stereocenters. The Morgan fingerprint density at radius 3 is 2.74 bits per heavy atom. The first-order valence-corrected chi connectivity index (χ1v) is 6.45. The van der Waals surface area contributed by atoms with E-state index in [4.69, 9.17) is 0 Å². The molecule has 1 aliphatic rings. The highest BCUT2D eigenvalue weighted by Crippen LogP contribution is 2.32. The molecule has 19 heavy (non-hydrogen) atoms. The second-order valence-corrected chi connectivity index (χ2v) is 4.79. The zero-order valence-corrected chi connectivity index (χ0v) is 10.5. The molecule has 1 amide bonds. The number of H-pyrrole nitrogens is 1. The van der Waals surface area contributed by atoms with Crippen molar-refractivity contribution in [3.8, 4) is 0 Å². The summed E-state index contributed by atoms with van der Waals surface area (Å²) in [5.41, 5.74) is 1.60. The maximum Gasteiger partial charge on any atom is 0.254 e. The number of aromatic amines is 1. The molecule has 1 fully saturated rings. The minimum atomic E-state index is -0.320. The van der Waals surface area contributed by atoms with Crippen LogP contribution in [0.2, 0.25) is 0 Å². The topological polar surface area (TPSA) is 36.1 Å². The molecule has 4 heteroatoms. The van der Waals surface area contributed by atoms with Crippen molar-refractivity contribution in [1.82, 2.24) is 9.88 Å². The molecule has 3 nitrogen and oxygen atoms in total. The number of aromatic nitrogens is 1. The second kappa shape index (κ2) is 4.88. The zero-order chi connectivity index (χ0) is 13.2. The van der Waals surface area contributed by atoms with Gasteiger partial charge >= 0.3 is 0 Å². The van der Waals surface area contributed by atoms with Crippen LogP contribution in [0.3, 0.4) is 0 Å². The van der Waals surface area contributed by atoms with Crippen LogP contribution in [-0.2, 0) is 0 Å². The smallest absolute Gasteiger partial charge is 0.254 e. The summed E-state index contributed by atoms with van der Waals surface area (Å²) in [7, 11) is 0. The number of nitrogens with zero attached hydrogens (tertiary/aromatic N) is 1. The van der Waals surface area contributed by atoms with E-state index in [1.165, 1.54) is 12.1 Å². The monoisotopic (exact) mass is 258 g/mol. The van der Waals surface area contributed by atoms with Crippen molar-refractivity contribution in [2.24, 2.45) is 0 Å². The fourth-order valence-electron chi connectivity index (χ4n) is 2.64. The molecule has 0 saturated carbocycles. The van der Waals surface area contributed by atoms with Crippen LogP contribution in [0.25, 0.3) is 0 Å². The van der Waals surface area contributed by atoms with Crippen molar-refractivity contribution >= 4 is 5.91 Å². The highest BCUT2D eigenvalue weighted by atomic mass is 19.1. The number of nitrogens with one attached hydrogen (secondary N) is 1. The average Bonchev–Trinajstić information content (AvgIpc) is 3.09. The first kappa shape index (κ1) is 12.0. The van der Waals surface area contributed by atoms with Gasteiger partial charge in [0.2, 0.25) is 0 Å². The standard InChI is InChI=1S/C15H15FN2O/c16-12-7-5-11(6-8-12)15(19)18-10-2-4-14(18)13-3-1-9-17-13/h1,3,5-9,14,17H,2,4,10H2. The zero-order valence-electron chi connectivity index (χ0n) is 10.5. The van der Waals surface area contributed by atoms with Crippen molar-refractivity contribution in [2.45, 2.75) is 18.9 Å². The minimum Gasteiger partial charge on any atom is -0.363 e. The molecule has 2 heterocycles. The molecule has 0 bridgehead atoms. The molecule has 0 radical (unpaired) electrons. The Bertz CT molecular complexity index is 562. The predicted octanol–water partition coefficient (Wildman–Crippen LogP) is 3.13. The van der Waals surface area contributed by atoms with Crippen molar-refractivity contribution in [3.05, 3.63) is 59.7 Å². The van der Waals surface area contributed by atoms with E-state index in [0.717, 1.165) is 25.1 Å². The summed E-state index contributed by atoms with van der Waals surface area (Å²) in [6.45, 7) is 0.750. The average molecular weight is 258 g/mol. The van der Waals surface area contributed by atoms with Gasteiger partial charge in [-0.15, -0.1) is 0 Å². The third-order valence-electron chi connectivity index (χ3n) is 3.59. The van der Waals surface area contributed by atoms with E-state index < -0.39 is 0 Å². The molecule has 0 aliphatic carbocycles. The van der Waals surface area contributed by atoms with Crippen molar-refractivity contribution in [3.63, 3.8) is 0 Å². The van der Waals surface area contributed by atoms with E-state index in [1.807, 2.05) is 23.2 Å². The number of halogens is 1. The third kappa shape index (κ3) is 2.26. The van der Waals surface area contributed by atoms with E-state index >= 15 is 0 Å². The number of benzene rings is 1. The summed E-state index contributed by atoms with van der Waals surface area (Å²) >= 11 is 0. The fourth-order valence-corrected chi connectivity index (χ4v) is 2.64. The highest BCUT2D eigenvalue weighted by Gasteiger charge is 2.30. The molecule has 0 spiro atoms. The van der Waals surface area contributed by atoms with Crippen LogP contribution >= 0.6 is 0 Å². The lowest BCUT2D eigenvalue weighted by Gasteiger charge is -2.24. The fraction of sp³-hybridized carbons (Fsp3) is 0.267. The number of rotatable bonds is 2. The lowest BCUT2D eigenvalue weighted by molar-refractivity contribution is 0.0733. The van der Waals surface area contributed by atoms with E-state index in [-0.39, 0.29) is 17.8 Å². The Labute approximate surface area is 111 Å². The summed E-state index contributed by atoms with van der Waals surface area (Å²) in [5, 5.41) is 0. The Morgan fingerprint density at radius 1 is 1.26 bits per heavy atom. The number of carbonyl (C=O) groups excluding carboxylic acids is 1. The summed E-state index contributed by atoms with van der Waals surface area (Å²) in [4.78, 5) is 17.5. The third-order valence-corrected chi connectivity index (χ3v) is 3.59. The van der Waals surface area contributed by atoms with Crippen LogP contribution in [0.4, 0.5) is 4.39 Å². The number of amides is 1. The molecule has 3 rings (SSSR count). The summed E-state index contributed by atoms with van der Waals surface area (Å²) in [6.07, 6.45) is 3.83. The van der Waals surface area contributed by atoms with Crippen LogP contribution < -0.4 is 0 Å². The van der Waals surface area contributed by atoms with Gasteiger partial charge in [-0.2, -0.15) is 0 Å². The second-order valence-electron chi connectivity index (χ2n) is 4.79. The van der Waals surface area contributed by atoms with Crippen LogP contribution in [0.5, 0.6) is 0 Å². The Hall–Kier alpha value is -2.10. The van der Waals surface area contributed by atoms with Crippen molar-refractivity contribution in [1.29, 1.82) is 0 Å². The molecular formula is C15H15FN2O. The highest BCUT2D eigenvalue weighted by molar-refractivity contribution is 5.94. The predicted molar refractivity (Wildman–Crippen MR) is 70.2 cm³/mol. The van der Waals surface area contributed by atoms with Gasteiger partial charge in [0.25, 0.3) is 5.91 Å².